The van der Waals surface area contributed by atoms with Gasteiger partial charge in [-0.05, 0) is 25.7 Å². The fourth-order valence-corrected chi connectivity index (χ4v) is 2.44. The summed E-state index contributed by atoms with van der Waals surface area (Å²) in [6.07, 6.45) is 9.39. The molecular weight excluding hydrogens is 230 g/mol. The van der Waals surface area contributed by atoms with Gasteiger partial charge in [0.05, 0.1) is 0 Å². The molecule has 0 heterocycles. The minimum absolute atomic E-state index is 0.328. The van der Waals surface area contributed by atoms with E-state index in [0.717, 1.165) is 12.8 Å². The van der Waals surface area contributed by atoms with Crippen LogP contribution in [0.1, 0.15) is 39.5 Å². The third-order valence-electron chi connectivity index (χ3n) is 3.32. The molecule has 0 aromatic carbocycles. The van der Waals surface area contributed by atoms with Gasteiger partial charge >= 0.3 is 5.97 Å². The second kappa shape index (κ2) is 6.38. The van der Waals surface area contributed by atoms with Crippen LogP contribution in [0.25, 0.3) is 0 Å². The molecule has 0 radical (unpaired) electrons. The maximum Gasteiger partial charge on any atom is 0.329 e. The van der Waals surface area contributed by atoms with Crippen LogP contribution in [-0.4, -0.2) is 22.5 Å². The third kappa shape index (κ3) is 3.72. The minimum atomic E-state index is -1.09. The van der Waals surface area contributed by atoms with E-state index in [0.29, 0.717) is 18.8 Å². The van der Waals surface area contributed by atoms with Crippen LogP contribution in [0.4, 0.5) is 0 Å². The van der Waals surface area contributed by atoms with Gasteiger partial charge in [-0.25, -0.2) is 4.79 Å². The molecular formula is C14H21NO3. The highest BCUT2D eigenvalue weighted by Crippen LogP contribution is 2.32. The van der Waals surface area contributed by atoms with E-state index in [1.165, 1.54) is 6.08 Å². The van der Waals surface area contributed by atoms with Crippen molar-refractivity contribution in [2.24, 2.45) is 5.92 Å². The Kier molecular flexibility index (Phi) is 5.13. The molecule has 2 N–H and O–H groups in total. The molecule has 100 valence electrons. The molecule has 1 saturated carbocycles. The normalized spacial score (nSPS) is 28.7. The predicted octanol–water partition coefficient (Wildman–Crippen LogP) is 2.27. The summed E-state index contributed by atoms with van der Waals surface area (Å²) in [4.78, 5) is 23.1. The summed E-state index contributed by atoms with van der Waals surface area (Å²) in [6, 6.07) is 0. The van der Waals surface area contributed by atoms with E-state index in [9.17, 15) is 14.7 Å². The van der Waals surface area contributed by atoms with Crippen LogP contribution in [-0.2, 0) is 9.59 Å². The molecule has 0 aromatic rings. The molecule has 0 bridgehead atoms. The first-order valence-electron chi connectivity index (χ1n) is 6.35. The molecule has 1 aliphatic rings. The van der Waals surface area contributed by atoms with E-state index in [-0.39, 0.29) is 5.91 Å². The number of rotatable bonds is 4. The van der Waals surface area contributed by atoms with Crippen molar-refractivity contribution < 1.29 is 14.7 Å². The molecule has 0 aromatic heterocycles. The van der Waals surface area contributed by atoms with Crippen molar-refractivity contribution in [3.8, 4) is 0 Å². The van der Waals surface area contributed by atoms with Gasteiger partial charge in [-0.2, -0.15) is 0 Å². The zero-order chi connectivity index (χ0) is 13.6. The largest absolute Gasteiger partial charge is 0.480 e. The first kappa shape index (κ1) is 14.5. The summed E-state index contributed by atoms with van der Waals surface area (Å²) < 4.78 is 0. The number of aliphatic carboxylic acids is 1. The van der Waals surface area contributed by atoms with Crippen LogP contribution in [0, 0.1) is 5.92 Å². The van der Waals surface area contributed by atoms with Gasteiger partial charge in [-0.3, -0.25) is 4.79 Å². The number of hydrogen-bond acceptors (Lipinski definition) is 2. The smallest absolute Gasteiger partial charge is 0.329 e. The number of carbonyl (C=O) groups is 2. The predicted molar refractivity (Wildman–Crippen MR) is 70.1 cm³/mol. The number of allylic oxidation sites excluding steroid dienone is 3. The molecule has 0 spiro atoms. The van der Waals surface area contributed by atoms with Crippen LogP contribution in [0.2, 0.25) is 0 Å². The molecule has 18 heavy (non-hydrogen) atoms. The molecule has 4 heteroatoms. The van der Waals surface area contributed by atoms with Crippen molar-refractivity contribution in [2.75, 3.05) is 0 Å². The maximum atomic E-state index is 11.7. The number of amides is 1. The van der Waals surface area contributed by atoms with E-state index in [2.05, 4.69) is 5.32 Å². The van der Waals surface area contributed by atoms with Gasteiger partial charge in [0.25, 0.3) is 0 Å². The Morgan fingerprint density at radius 2 is 2.11 bits per heavy atom. The van der Waals surface area contributed by atoms with Crippen molar-refractivity contribution in [3.63, 3.8) is 0 Å². The van der Waals surface area contributed by atoms with Gasteiger partial charge in [0.1, 0.15) is 5.54 Å². The Hall–Kier alpha value is -1.58. The van der Waals surface area contributed by atoms with Crippen molar-refractivity contribution in [1.82, 2.24) is 5.32 Å². The SMILES string of the molecule is C/C=C/C=C/C(=O)NC1(C(=O)O)CCCC(C)C1. The molecule has 0 aliphatic heterocycles. The Morgan fingerprint density at radius 3 is 2.67 bits per heavy atom. The first-order valence-corrected chi connectivity index (χ1v) is 6.35. The third-order valence-corrected chi connectivity index (χ3v) is 3.32. The van der Waals surface area contributed by atoms with Gasteiger partial charge in [-0.1, -0.05) is 38.0 Å². The van der Waals surface area contributed by atoms with Crippen LogP contribution < -0.4 is 5.32 Å². The fourth-order valence-electron chi connectivity index (χ4n) is 2.44. The zero-order valence-electron chi connectivity index (χ0n) is 11.0. The van der Waals surface area contributed by atoms with Gasteiger partial charge in [0.2, 0.25) is 5.91 Å². The second-order valence-electron chi connectivity index (χ2n) is 4.96. The Bertz CT molecular complexity index is 373. The van der Waals surface area contributed by atoms with Crippen molar-refractivity contribution >= 4 is 11.9 Å². The van der Waals surface area contributed by atoms with Crippen molar-refractivity contribution in [3.05, 3.63) is 24.3 Å². The van der Waals surface area contributed by atoms with Gasteiger partial charge < -0.3 is 10.4 Å². The summed E-state index contributed by atoms with van der Waals surface area (Å²) in [5.41, 5.74) is -1.09. The van der Waals surface area contributed by atoms with E-state index in [1.807, 2.05) is 13.8 Å². The molecule has 0 saturated heterocycles. The molecule has 4 nitrogen and oxygen atoms in total. The monoisotopic (exact) mass is 251 g/mol. The van der Waals surface area contributed by atoms with Crippen LogP contribution in [0.5, 0.6) is 0 Å². The maximum absolute atomic E-state index is 11.7. The Morgan fingerprint density at radius 1 is 1.39 bits per heavy atom. The lowest BCUT2D eigenvalue weighted by Crippen LogP contribution is -2.56. The molecule has 1 amide bonds. The Labute approximate surface area is 108 Å². The topological polar surface area (TPSA) is 66.4 Å². The number of carboxylic acids is 1. The average Bonchev–Trinajstić information content (AvgIpc) is 2.29. The second-order valence-corrected chi connectivity index (χ2v) is 4.96. The summed E-state index contributed by atoms with van der Waals surface area (Å²) in [5, 5.41) is 12.0. The minimum Gasteiger partial charge on any atom is -0.480 e. The van der Waals surface area contributed by atoms with Gasteiger partial charge in [0, 0.05) is 6.08 Å². The standard InChI is InChI=1S/C14H21NO3/c1-3-4-5-8-12(16)15-14(13(17)18)9-6-7-11(2)10-14/h3-5,8,11H,6-7,9-10H2,1-2H3,(H,15,16)(H,17,18)/b4-3+,8-5+. The highest BCUT2D eigenvalue weighted by molar-refractivity contribution is 5.93. The van der Waals surface area contributed by atoms with E-state index >= 15 is 0 Å². The molecule has 1 aliphatic carbocycles. The lowest BCUT2D eigenvalue weighted by Gasteiger charge is -2.36. The zero-order valence-corrected chi connectivity index (χ0v) is 11.0. The van der Waals surface area contributed by atoms with E-state index < -0.39 is 11.5 Å². The number of hydrogen-bond donors (Lipinski definition) is 2. The van der Waals surface area contributed by atoms with Crippen LogP contribution in [0.3, 0.4) is 0 Å². The lowest BCUT2D eigenvalue weighted by atomic mass is 9.76. The van der Waals surface area contributed by atoms with Gasteiger partial charge in [0.15, 0.2) is 0 Å². The van der Waals surface area contributed by atoms with Crippen molar-refractivity contribution in [1.29, 1.82) is 0 Å². The molecule has 2 unspecified atom stereocenters. The molecule has 1 rings (SSSR count). The summed E-state index contributed by atoms with van der Waals surface area (Å²) in [7, 11) is 0. The highest BCUT2D eigenvalue weighted by atomic mass is 16.4. The molecule has 2 atom stereocenters. The first-order chi connectivity index (χ1) is 8.50. The summed E-state index contributed by atoms with van der Waals surface area (Å²) in [5.74, 6) is -0.943. The van der Waals surface area contributed by atoms with Crippen LogP contribution >= 0.6 is 0 Å². The van der Waals surface area contributed by atoms with Crippen molar-refractivity contribution in [2.45, 2.75) is 45.1 Å². The van der Waals surface area contributed by atoms with Gasteiger partial charge in [-0.15, -0.1) is 0 Å². The number of carboxylic acid groups (broad SMARTS) is 1. The Balaban J connectivity index is 2.74. The fraction of sp³-hybridized carbons (Fsp3) is 0.571. The summed E-state index contributed by atoms with van der Waals surface area (Å²) in [6.45, 7) is 3.88. The highest BCUT2D eigenvalue weighted by Gasteiger charge is 2.42. The van der Waals surface area contributed by atoms with E-state index in [4.69, 9.17) is 0 Å². The quantitative estimate of drug-likeness (QED) is 0.595. The lowest BCUT2D eigenvalue weighted by molar-refractivity contribution is -0.149. The molecule has 1 fully saturated rings. The van der Waals surface area contributed by atoms with E-state index in [1.54, 1.807) is 18.2 Å². The summed E-state index contributed by atoms with van der Waals surface area (Å²) >= 11 is 0. The van der Waals surface area contributed by atoms with Crippen LogP contribution in [0.15, 0.2) is 24.3 Å². The average molecular weight is 251 g/mol. The number of nitrogens with one attached hydrogen (secondary N) is 1. The number of carbonyl (C=O) groups excluding carboxylic acids is 1.